The van der Waals surface area contributed by atoms with E-state index in [4.69, 9.17) is 9.47 Å². The Hall–Kier alpha value is -2.57. The van der Waals surface area contributed by atoms with Crippen molar-refractivity contribution in [1.29, 1.82) is 0 Å². The molecular formula is C14H18N4O3. The van der Waals surface area contributed by atoms with Crippen molar-refractivity contribution in [2.45, 2.75) is 19.5 Å². The third-order valence-corrected chi connectivity index (χ3v) is 3.05. The highest BCUT2D eigenvalue weighted by molar-refractivity contribution is 5.76. The fourth-order valence-corrected chi connectivity index (χ4v) is 2.00. The zero-order valence-electron chi connectivity index (χ0n) is 12.2. The van der Waals surface area contributed by atoms with Crippen LogP contribution in [0.3, 0.4) is 0 Å². The predicted octanol–water partition coefficient (Wildman–Crippen LogP) is 1.17. The third kappa shape index (κ3) is 3.71. The van der Waals surface area contributed by atoms with Gasteiger partial charge < -0.3 is 14.8 Å². The number of nitrogens with one attached hydrogen (secondary N) is 1. The molecule has 1 N–H and O–H groups in total. The molecular weight excluding hydrogens is 272 g/mol. The van der Waals surface area contributed by atoms with E-state index in [-0.39, 0.29) is 18.5 Å². The summed E-state index contributed by atoms with van der Waals surface area (Å²) in [6, 6.07) is 5.26. The van der Waals surface area contributed by atoms with E-state index in [9.17, 15) is 4.79 Å². The second-order valence-electron chi connectivity index (χ2n) is 4.49. The number of carbonyl (C=O) groups is 1. The van der Waals surface area contributed by atoms with E-state index < -0.39 is 0 Å². The quantitative estimate of drug-likeness (QED) is 0.864. The molecule has 1 aromatic carbocycles. The smallest absolute Gasteiger partial charge is 0.242 e. The third-order valence-electron chi connectivity index (χ3n) is 3.05. The lowest BCUT2D eigenvalue weighted by atomic mass is 10.1. The van der Waals surface area contributed by atoms with Gasteiger partial charge in [0.1, 0.15) is 30.7 Å². The van der Waals surface area contributed by atoms with Crippen molar-refractivity contribution in [2.24, 2.45) is 0 Å². The molecule has 0 aliphatic heterocycles. The summed E-state index contributed by atoms with van der Waals surface area (Å²) in [5.41, 5.74) is 0.851. The van der Waals surface area contributed by atoms with E-state index >= 15 is 0 Å². The molecule has 2 aromatic rings. The molecule has 112 valence electrons. The summed E-state index contributed by atoms with van der Waals surface area (Å²) in [6.45, 7) is 2.01. The Bertz CT molecular complexity index is 598. The number of hydrogen-bond donors (Lipinski definition) is 1. The van der Waals surface area contributed by atoms with Crippen molar-refractivity contribution in [3.05, 3.63) is 36.4 Å². The van der Waals surface area contributed by atoms with E-state index in [1.807, 2.05) is 25.1 Å². The Morgan fingerprint density at radius 3 is 2.81 bits per heavy atom. The number of benzene rings is 1. The number of nitrogens with zero attached hydrogens (tertiary/aromatic N) is 3. The molecule has 0 aliphatic carbocycles. The fraction of sp³-hybridized carbons (Fsp3) is 0.357. The van der Waals surface area contributed by atoms with Crippen molar-refractivity contribution in [2.75, 3.05) is 14.2 Å². The van der Waals surface area contributed by atoms with Crippen molar-refractivity contribution in [3.63, 3.8) is 0 Å². The molecule has 7 nitrogen and oxygen atoms in total. The average molecular weight is 290 g/mol. The fourth-order valence-electron chi connectivity index (χ4n) is 2.00. The number of carbonyl (C=O) groups excluding carboxylic acids is 1. The van der Waals surface area contributed by atoms with Gasteiger partial charge in [-0.2, -0.15) is 5.10 Å². The maximum absolute atomic E-state index is 12.0. The molecule has 0 radical (unpaired) electrons. The summed E-state index contributed by atoms with van der Waals surface area (Å²) >= 11 is 0. The van der Waals surface area contributed by atoms with Crippen LogP contribution in [0.4, 0.5) is 0 Å². The van der Waals surface area contributed by atoms with Crippen LogP contribution in [-0.2, 0) is 11.3 Å². The standard InChI is InChI=1S/C14H18N4O3/c1-10(17-14(19)7-18-9-15-8-16-18)12-6-11(20-2)4-5-13(12)21-3/h4-6,8-10H,7H2,1-3H3,(H,17,19). The van der Waals surface area contributed by atoms with E-state index in [1.54, 1.807) is 14.2 Å². The van der Waals surface area contributed by atoms with Crippen LogP contribution in [0.2, 0.25) is 0 Å². The van der Waals surface area contributed by atoms with Crippen molar-refractivity contribution >= 4 is 5.91 Å². The van der Waals surface area contributed by atoms with Crippen LogP contribution in [0, 0.1) is 0 Å². The Balaban J connectivity index is 2.08. The monoisotopic (exact) mass is 290 g/mol. The largest absolute Gasteiger partial charge is 0.497 e. The molecule has 0 bridgehead atoms. The van der Waals surface area contributed by atoms with E-state index in [0.717, 1.165) is 5.56 Å². The van der Waals surface area contributed by atoms with E-state index in [1.165, 1.54) is 17.3 Å². The van der Waals surface area contributed by atoms with Gasteiger partial charge in [0.25, 0.3) is 0 Å². The summed E-state index contributed by atoms with van der Waals surface area (Å²) in [5.74, 6) is 1.26. The Morgan fingerprint density at radius 2 is 2.19 bits per heavy atom. The van der Waals surface area contributed by atoms with Gasteiger partial charge in [-0.3, -0.25) is 4.79 Å². The zero-order valence-corrected chi connectivity index (χ0v) is 12.2. The molecule has 0 spiro atoms. The molecule has 7 heteroatoms. The Morgan fingerprint density at radius 1 is 1.38 bits per heavy atom. The Labute approximate surface area is 122 Å². The molecule has 21 heavy (non-hydrogen) atoms. The molecule has 1 amide bonds. The van der Waals surface area contributed by atoms with Gasteiger partial charge in [0.2, 0.25) is 5.91 Å². The zero-order chi connectivity index (χ0) is 15.2. The first-order chi connectivity index (χ1) is 10.1. The molecule has 0 saturated carbocycles. The van der Waals surface area contributed by atoms with Gasteiger partial charge in [-0.05, 0) is 25.1 Å². The Kier molecular flexibility index (Phi) is 4.76. The molecule has 2 rings (SSSR count). The van der Waals surface area contributed by atoms with Gasteiger partial charge in [-0.15, -0.1) is 0 Å². The first kappa shape index (κ1) is 14.8. The number of ether oxygens (including phenoxy) is 2. The molecule has 0 saturated heterocycles. The molecule has 1 heterocycles. The molecule has 1 unspecified atom stereocenters. The number of rotatable bonds is 6. The minimum Gasteiger partial charge on any atom is -0.497 e. The second kappa shape index (κ2) is 6.74. The van der Waals surface area contributed by atoms with Crippen LogP contribution in [-0.4, -0.2) is 34.9 Å². The summed E-state index contributed by atoms with van der Waals surface area (Å²) in [5, 5.41) is 6.79. The van der Waals surface area contributed by atoms with E-state index in [0.29, 0.717) is 11.5 Å². The number of methoxy groups -OCH3 is 2. The first-order valence-electron chi connectivity index (χ1n) is 6.47. The lowest BCUT2D eigenvalue weighted by Gasteiger charge is -2.18. The lowest BCUT2D eigenvalue weighted by Crippen LogP contribution is -2.30. The number of amides is 1. The van der Waals surface area contributed by atoms with Crippen LogP contribution in [0.1, 0.15) is 18.5 Å². The minimum absolute atomic E-state index is 0.122. The molecule has 1 atom stereocenters. The van der Waals surface area contributed by atoms with Gasteiger partial charge in [0, 0.05) is 5.56 Å². The van der Waals surface area contributed by atoms with Gasteiger partial charge in [0.15, 0.2) is 0 Å². The van der Waals surface area contributed by atoms with Crippen LogP contribution >= 0.6 is 0 Å². The van der Waals surface area contributed by atoms with Crippen molar-refractivity contribution in [1.82, 2.24) is 20.1 Å². The highest BCUT2D eigenvalue weighted by Gasteiger charge is 2.15. The van der Waals surface area contributed by atoms with Gasteiger partial charge >= 0.3 is 0 Å². The second-order valence-corrected chi connectivity index (χ2v) is 4.49. The maximum atomic E-state index is 12.0. The molecule has 1 aromatic heterocycles. The topological polar surface area (TPSA) is 78.3 Å². The van der Waals surface area contributed by atoms with Gasteiger partial charge in [0.05, 0.1) is 20.3 Å². The average Bonchev–Trinajstić information content (AvgIpc) is 2.99. The van der Waals surface area contributed by atoms with Crippen LogP contribution in [0.5, 0.6) is 11.5 Å². The van der Waals surface area contributed by atoms with Crippen LogP contribution in [0.25, 0.3) is 0 Å². The van der Waals surface area contributed by atoms with Crippen molar-refractivity contribution in [3.8, 4) is 11.5 Å². The minimum atomic E-state index is -0.217. The van der Waals surface area contributed by atoms with Crippen LogP contribution < -0.4 is 14.8 Å². The summed E-state index contributed by atoms with van der Waals surface area (Å²) in [7, 11) is 3.19. The van der Waals surface area contributed by atoms with E-state index in [2.05, 4.69) is 15.4 Å². The van der Waals surface area contributed by atoms with Crippen LogP contribution in [0.15, 0.2) is 30.9 Å². The highest BCUT2D eigenvalue weighted by atomic mass is 16.5. The molecule has 0 aliphatic rings. The lowest BCUT2D eigenvalue weighted by molar-refractivity contribution is -0.122. The molecule has 0 fully saturated rings. The first-order valence-corrected chi connectivity index (χ1v) is 6.47. The number of hydrogen-bond acceptors (Lipinski definition) is 5. The predicted molar refractivity (Wildman–Crippen MR) is 76.1 cm³/mol. The van der Waals surface area contributed by atoms with Crippen molar-refractivity contribution < 1.29 is 14.3 Å². The van der Waals surface area contributed by atoms with Gasteiger partial charge in [-0.1, -0.05) is 0 Å². The normalized spacial score (nSPS) is 11.8. The SMILES string of the molecule is COc1ccc(OC)c(C(C)NC(=O)Cn2cncn2)c1. The maximum Gasteiger partial charge on any atom is 0.242 e. The highest BCUT2D eigenvalue weighted by Crippen LogP contribution is 2.29. The summed E-state index contributed by atoms with van der Waals surface area (Å²) < 4.78 is 12.0. The summed E-state index contributed by atoms with van der Waals surface area (Å²) in [6.07, 6.45) is 2.89. The summed E-state index contributed by atoms with van der Waals surface area (Å²) in [4.78, 5) is 15.8. The van der Waals surface area contributed by atoms with Gasteiger partial charge in [-0.25, -0.2) is 9.67 Å². The number of aromatic nitrogens is 3.